The van der Waals surface area contributed by atoms with Crippen molar-refractivity contribution in [3.05, 3.63) is 0 Å². The van der Waals surface area contributed by atoms with Crippen molar-refractivity contribution in [2.75, 3.05) is 26.7 Å². The molecule has 0 aliphatic heterocycles. The Balaban J connectivity index is 0. The van der Waals surface area contributed by atoms with Gasteiger partial charge in [-0.1, -0.05) is 271 Å². The van der Waals surface area contributed by atoms with Crippen molar-refractivity contribution in [2.24, 2.45) is 0 Å². The average molecular weight is 764 g/mol. The standard InChI is InChI=1S/C52H108N.H2O/c1-5-8-11-14-17-20-23-26-29-32-35-38-41-44-47-50-53(4,51-48-45-42-39-36-33-30-27-24-21-18-15-12-9-6-2)52-49-46-43-40-37-34-31-28-25-22-19-16-13-10-7-3;/h5-52H2,1-4H3;1H2/q+1;/p-1. The molecular formula is C52H109NO. The van der Waals surface area contributed by atoms with Gasteiger partial charge in [0.05, 0.1) is 26.7 Å². The molecule has 0 unspecified atom stereocenters. The summed E-state index contributed by atoms with van der Waals surface area (Å²) in [5, 5.41) is 0. The van der Waals surface area contributed by atoms with Crippen molar-refractivity contribution in [1.82, 2.24) is 0 Å². The van der Waals surface area contributed by atoms with E-state index < -0.39 is 0 Å². The molecule has 0 radical (unpaired) electrons. The summed E-state index contributed by atoms with van der Waals surface area (Å²) in [4.78, 5) is 0. The topological polar surface area (TPSA) is 30.0 Å². The van der Waals surface area contributed by atoms with Crippen molar-refractivity contribution >= 4 is 0 Å². The molecule has 0 aromatic heterocycles. The van der Waals surface area contributed by atoms with Crippen LogP contribution in [0.15, 0.2) is 0 Å². The van der Waals surface area contributed by atoms with Gasteiger partial charge in [-0.2, -0.15) is 0 Å². The van der Waals surface area contributed by atoms with E-state index in [0.29, 0.717) is 0 Å². The molecule has 2 heteroatoms. The molecule has 0 saturated heterocycles. The van der Waals surface area contributed by atoms with Gasteiger partial charge in [0.15, 0.2) is 0 Å². The summed E-state index contributed by atoms with van der Waals surface area (Å²) >= 11 is 0. The summed E-state index contributed by atoms with van der Waals surface area (Å²) in [5.41, 5.74) is 0. The molecule has 0 aromatic rings. The second kappa shape index (κ2) is 49.1. The lowest BCUT2D eigenvalue weighted by atomic mass is 10.0. The van der Waals surface area contributed by atoms with Gasteiger partial charge in [-0.3, -0.25) is 0 Å². The zero-order valence-electron chi connectivity index (χ0n) is 38.8. The van der Waals surface area contributed by atoms with E-state index in [-0.39, 0.29) is 5.48 Å². The zero-order chi connectivity index (χ0) is 38.4. The van der Waals surface area contributed by atoms with Gasteiger partial charge in [0.25, 0.3) is 0 Å². The highest BCUT2D eigenvalue weighted by atomic mass is 16.0. The molecule has 1 N–H and O–H groups in total. The number of nitrogens with zero attached hydrogens (tertiary/aromatic N) is 1. The van der Waals surface area contributed by atoms with Crippen LogP contribution in [-0.4, -0.2) is 36.6 Å². The number of unbranched alkanes of at least 4 members (excludes halogenated alkanes) is 42. The van der Waals surface area contributed by atoms with Crippen LogP contribution in [0.2, 0.25) is 0 Å². The molecule has 0 bridgehead atoms. The Morgan fingerprint density at radius 1 is 0.185 bits per heavy atom. The lowest BCUT2D eigenvalue weighted by Gasteiger charge is -2.35. The molecule has 2 nitrogen and oxygen atoms in total. The molecule has 0 rings (SSSR count). The van der Waals surface area contributed by atoms with Crippen molar-refractivity contribution < 1.29 is 9.96 Å². The number of quaternary nitrogens is 1. The third kappa shape index (κ3) is 46.3. The Morgan fingerprint density at radius 3 is 0.426 bits per heavy atom. The van der Waals surface area contributed by atoms with Crippen molar-refractivity contribution in [3.63, 3.8) is 0 Å². The van der Waals surface area contributed by atoms with Crippen LogP contribution < -0.4 is 0 Å². The maximum atomic E-state index is 2.64. The van der Waals surface area contributed by atoms with Gasteiger partial charge in [0, 0.05) is 0 Å². The highest BCUT2D eigenvalue weighted by Crippen LogP contribution is 2.19. The van der Waals surface area contributed by atoms with E-state index in [2.05, 4.69) is 27.8 Å². The van der Waals surface area contributed by atoms with Gasteiger partial charge >= 0.3 is 0 Å². The first-order valence-electron chi connectivity index (χ1n) is 26.0. The van der Waals surface area contributed by atoms with E-state index in [4.69, 9.17) is 0 Å². The van der Waals surface area contributed by atoms with Gasteiger partial charge in [0.2, 0.25) is 0 Å². The summed E-state index contributed by atoms with van der Waals surface area (Å²) in [7, 11) is 2.64. The van der Waals surface area contributed by atoms with E-state index in [1.807, 2.05) is 0 Å². The van der Waals surface area contributed by atoms with Crippen LogP contribution in [0.5, 0.6) is 0 Å². The SMILES string of the molecule is CCCCCCCCCCCCCCCCC[N+](C)(CCCCCCCCCCCCCCCCC)CCCCCCCCCCCCCCCCC.[OH-]. The second-order valence-corrected chi connectivity index (χ2v) is 18.6. The van der Waals surface area contributed by atoms with Crippen LogP contribution in [0, 0.1) is 0 Å². The van der Waals surface area contributed by atoms with Crippen molar-refractivity contribution in [2.45, 2.75) is 310 Å². The van der Waals surface area contributed by atoms with E-state index in [0.717, 1.165) is 0 Å². The second-order valence-electron chi connectivity index (χ2n) is 18.6. The van der Waals surface area contributed by atoms with Crippen LogP contribution in [0.25, 0.3) is 0 Å². The van der Waals surface area contributed by atoms with Crippen LogP contribution in [0.4, 0.5) is 0 Å². The summed E-state index contributed by atoms with van der Waals surface area (Å²) in [6.07, 6.45) is 66.2. The highest BCUT2D eigenvalue weighted by molar-refractivity contribution is 4.55. The molecule has 54 heavy (non-hydrogen) atoms. The molecule has 0 spiro atoms. The molecule has 0 heterocycles. The van der Waals surface area contributed by atoms with Crippen LogP contribution in [-0.2, 0) is 0 Å². The Kier molecular flexibility index (Phi) is 50.9. The Bertz CT molecular complexity index is 550. The largest absolute Gasteiger partial charge is 0.870 e. The smallest absolute Gasteiger partial charge is 0.0784 e. The average Bonchev–Trinajstić information content (AvgIpc) is 3.16. The van der Waals surface area contributed by atoms with E-state index in [1.165, 1.54) is 313 Å². The normalized spacial score (nSPS) is 11.8. The van der Waals surface area contributed by atoms with Crippen molar-refractivity contribution in [3.8, 4) is 0 Å². The molecule has 0 aliphatic carbocycles. The lowest BCUT2D eigenvalue weighted by molar-refractivity contribution is -0.910. The monoisotopic (exact) mass is 764 g/mol. The van der Waals surface area contributed by atoms with Gasteiger partial charge in [-0.15, -0.1) is 0 Å². The van der Waals surface area contributed by atoms with Gasteiger partial charge in [-0.25, -0.2) is 0 Å². The fraction of sp³-hybridized carbons (Fsp3) is 1.00. The summed E-state index contributed by atoms with van der Waals surface area (Å²) < 4.78 is 1.37. The maximum Gasteiger partial charge on any atom is 0.0784 e. The van der Waals surface area contributed by atoms with E-state index in [9.17, 15) is 0 Å². The highest BCUT2D eigenvalue weighted by Gasteiger charge is 2.20. The number of rotatable bonds is 48. The lowest BCUT2D eigenvalue weighted by Crippen LogP contribution is -2.46. The molecule has 0 aromatic carbocycles. The Hall–Kier alpha value is -0.0800. The molecule has 0 amide bonds. The molecule has 0 saturated carbocycles. The summed E-state index contributed by atoms with van der Waals surface area (Å²) in [6, 6.07) is 0. The maximum absolute atomic E-state index is 2.64. The van der Waals surface area contributed by atoms with Gasteiger partial charge in [0.1, 0.15) is 0 Å². The van der Waals surface area contributed by atoms with Gasteiger partial charge < -0.3 is 9.96 Å². The first kappa shape index (κ1) is 56.0. The Labute approximate surface area is 345 Å². The summed E-state index contributed by atoms with van der Waals surface area (Å²) in [5.74, 6) is 0. The van der Waals surface area contributed by atoms with E-state index >= 15 is 0 Å². The third-order valence-corrected chi connectivity index (χ3v) is 12.9. The molecule has 0 aliphatic rings. The molecular weight excluding hydrogens is 655 g/mol. The van der Waals surface area contributed by atoms with Crippen molar-refractivity contribution in [1.29, 1.82) is 0 Å². The minimum Gasteiger partial charge on any atom is -0.870 e. The minimum atomic E-state index is 0. The number of hydrogen-bond donors (Lipinski definition) is 0. The first-order chi connectivity index (χ1) is 26.2. The molecule has 0 fully saturated rings. The summed E-state index contributed by atoms with van der Waals surface area (Å²) in [6.45, 7) is 11.3. The third-order valence-electron chi connectivity index (χ3n) is 12.9. The molecule has 328 valence electrons. The predicted octanol–water partition coefficient (Wildman–Crippen LogP) is 18.9. The van der Waals surface area contributed by atoms with Crippen LogP contribution in [0.3, 0.4) is 0 Å². The minimum absolute atomic E-state index is 0. The van der Waals surface area contributed by atoms with Crippen LogP contribution in [0.1, 0.15) is 310 Å². The first-order valence-corrected chi connectivity index (χ1v) is 26.0. The molecule has 0 atom stereocenters. The Morgan fingerprint density at radius 2 is 0.296 bits per heavy atom. The number of hydrogen-bond acceptors (Lipinski definition) is 1. The predicted molar refractivity (Wildman–Crippen MR) is 248 cm³/mol. The zero-order valence-corrected chi connectivity index (χ0v) is 38.8. The van der Waals surface area contributed by atoms with E-state index in [1.54, 1.807) is 0 Å². The fourth-order valence-electron chi connectivity index (χ4n) is 8.93. The van der Waals surface area contributed by atoms with Crippen LogP contribution >= 0.6 is 0 Å². The van der Waals surface area contributed by atoms with Gasteiger partial charge in [-0.05, 0) is 38.5 Å². The quantitative estimate of drug-likeness (QED) is 0.0448. The fourth-order valence-corrected chi connectivity index (χ4v) is 8.93.